The maximum absolute atomic E-state index is 12.8. The van der Waals surface area contributed by atoms with Crippen LogP contribution in [0.4, 0.5) is 9.18 Å². The Kier molecular flexibility index (Phi) is 5.14. The van der Waals surface area contributed by atoms with Crippen molar-refractivity contribution >= 4 is 6.03 Å². The second kappa shape index (κ2) is 7.06. The number of rotatable bonds is 5. The van der Waals surface area contributed by atoms with E-state index in [4.69, 9.17) is 0 Å². The van der Waals surface area contributed by atoms with Crippen molar-refractivity contribution in [2.45, 2.75) is 40.4 Å². The van der Waals surface area contributed by atoms with Gasteiger partial charge in [0.1, 0.15) is 5.82 Å². The zero-order valence-electron chi connectivity index (χ0n) is 13.1. The lowest BCUT2D eigenvalue weighted by atomic mass is 10.2. The van der Waals surface area contributed by atoms with Crippen LogP contribution in [-0.4, -0.2) is 15.8 Å². The van der Waals surface area contributed by atoms with Crippen LogP contribution in [0.5, 0.6) is 0 Å². The smallest absolute Gasteiger partial charge is 0.315 e. The molecule has 22 heavy (non-hydrogen) atoms. The minimum Gasteiger partial charge on any atom is -0.334 e. The number of hydrogen-bond acceptors (Lipinski definition) is 2. The Morgan fingerprint density at radius 3 is 2.41 bits per heavy atom. The summed E-state index contributed by atoms with van der Waals surface area (Å²) in [6.45, 7) is 7.57. The third-order valence-corrected chi connectivity index (χ3v) is 3.62. The predicted molar refractivity (Wildman–Crippen MR) is 82.9 cm³/mol. The number of nitrogens with one attached hydrogen (secondary N) is 2. The molecule has 1 aromatic carbocycles. The number of carbonyl (C=O) groups is 1. The summed E-state index contributed by atoms with van der Waals surface area (Å²) in [4.78, 5) is 11.8. The topological polar surface area (TPSA) is 59.0 Å². The molecule has 0 aliphatic rings. The summed E-state index contributed by atoms with van der Waals surface area (Å²) in [5, 5.41) is 9.99. The lowest BCUT2D eigenvalue weighted by molar-refractivity contribution is 0.240. The van der Waals surface area contributed by atoms with Crippen LogP contribution in [0, 0.1) is 19.7 Å². The molecule has 6 heteroatoms. The monoisotopic (exact) mass is 304 g/mol. The van der Waals surface area contributed by atoms with Crippen LogP contribution in [0.15, 0.2) is 24.3 Å². The normalized spacial score (nSPS) is 10.5. The van der Waals surface area contributed by atoms with Gasteiger partial charge in [0.05, 0.1) is 5.69 Å². The molecule has 118 valence electrons. The van der Waals surface area contributed by atoms with Gasteiger partial charge in [-0.3, -0.25) is 4.68 Å². The average molecular weight is 304 g/mol. The molecule has 0 bridgehead atoms. The standard InChI is InChI=1S/C16H21FN4O/c1-4-21-12(3)15(11(2)20-21)10-19-16(22)18-9-13-5-7-14(17)8-6-13/h5-8H,4,9-10H2,1-3H3,(H2,18,19,22). The minimum absolute atomic E-state index is 0.257. The Balaban J connectivity index is 1.85. The van der Waals surface area contributed by atoms with E-state index in [1.54, 1.807) is 12.1 Å². The lowest BCUT2D eigenvalue weighted by Crippen LogP contribution is -2.34. The maximum atomic E-state index is 12.8. The highest BCUT2D eigenvalue weighted by atomic mass is 19.1. The van der Waals surface area contributed by atoms with Crippen molar-refractivity contribution in [2.75, 3.05) is 0 Å². The minimum atomic E-state index is -0.285. The molecular weight excluding hydrogens is 283 g/mol. The summed E-state index contributed by atoms with van der Waals surface area (Å²) in [7, 11) is 0. The summed E-state index contributed by atoms with van der Waals surface area (Å²) in [6.07, 6.45) is 0. The van der Waals surface area contributed by atoms with Gasteiger partial charge >= 0.3 is 6.03 Å². The van der Waals surface area contributed by atoms with E-state index in [9.17, 15) is 9.18 Å². The van der Waals surface area contributed by atoms with Crippen LogP contribution < -0.4 is 10.6 Å². The summed E-state index contributed by atoms with van der Waals surface area (Å²) >= 11 is 0. The molecule has 1 aromatic heterocycles. The lowest BCUT2D eigenvalue weighted by Gasteiger charge is -2.08. The number of nitrogens with zero attached hydrogens (tertiary/aromatic N) is 2. The Morgan fingerprint density at radius 1 is 1.18 bits per heavy atom. The summed E-state index contributed by atoms with van der Waals surface area (Å²) in [5.74, 6) is -0.285. The van der Waals surface area contributed by atoms with E-state index in [0.717, 1.165) is 29.1 Å². The van der Waals surface area contributed by atoms with Crippen LogP contribution in [-0.2, 0) is 19.6 Å². The highest BCUT2D eigenvalue weighted by molar-refractivity contribution is 5.73. The molecule has 0 atom stereocenters. The van der Waals surface area contributed by atoms with Crippen LogP contribution in [0.25, 0.3) is 0 Å². The first kappa shape index (κ1) is 16.0. The molecule has 0 radical (unpaired) electrons. The first-order valence-electron chi connectivity index (χ1n) is 7.30. The van der Waals surface area contributed by atoms with Crippen LogP contribution in [0.2, 0.25) is 0 Å². The SMILES string of the molecule is CCn1nc(C)c(CNC(=O)NCc2ccc(F)cc2)c1C. The molecule has 2 N–H and O–H groups in total. The Morgan fingerprint density at radius 2 is 1.82 bits per heavy atom. The van der Waals surface area contributed by atoms with Gasteiger partial charge in [0, 0.05) is 30.9 Å². The molecule has 1 heterocycles. The molecule has 2 amide bonds. The van der Waals surface area contributed by atoms with Crippen molar-refractivity contribution in [1.82, 2.24) is 20.4 Å². The van der Waals surface area contributed by atoms with Gasteiger partial charge in [-0.15, -0.1) is 0 Å². The molecule has 0 spiro atoms. The number of hydrogen-bond donors (Lipinski definition) is 2. The van der Waals surface area contributed by atoms with E-state index in [1.807, 2.05) is 25.5 Å². The molecule has 0 aliphatic carbocycles. The van der Waals surface area contributed by atoms with Gasteiger partial charge in [0.25, 0.3) is 0 Å². The van der Waals surface area contributed by atoms with Crippen molar-refractivity contribution in [2.24, 2.45) is 0 Å². The molecule has 5 nitrogen and oxygen atoms in total. The second-order valence-electron chi connectivity index (χ2n) is 5.13. The van der Waals surface area contributed by atoms with Crippen LogP contribution >= 0.6 is 0 Å². The van der Waals surface area contributed by atoms with Gasteiger partial charge in [0.2, 0.25) is 0 Å². The summed E-state index contributed by atoms with van der Waals surface area (Å²) in [6, 6.07) is 5.79. The number of carbonyl (C=O) groups excluding carboxylic acids is 1. The second-order valence-corrected chi connectivity index (χ2v) is 5.13. The summed E-state index contributed by atoms with van der Waals surface area (Å²) in [5.41, 5.74) is 3.89. The Hall–Kier alpha value is -2.37. The van der Waals surface area contributed by atoms with Crippen molar-refractivity contribution in [3.63, 3.8) is 0 Å². The highest BCUT2D eigenvalue weighted by Crippen LogP contribution is 2.12. The van der Waals surface area contributed by atoms with E-state index in [1.165, 1.54) is 12.1 Å². The van der Waals surface area contributed by atoms with Gasteiger partial charge in [-0.2, -0.15) is 5.10 Å². The van der Waals surface area contributed by atoms with Gasteiger partial charge in [-0.05, 0) is 38.5 Å². The van der Waals surface area contributed by atoms with Crippen molar-refractivity contribution < 1.29 is 9.18 Å². The van der Waals surface area contributed by atoms with Crippen molar-refractivity contribution in [3.05, 3.63) is 52.6 Å². The van der Waals surface area contributed by atoms with Crippen LogP contribution in [0.3, 0.4) is 0 Å². The van der Waals surface area contributed by atoms with Gasteiger partial charge < -0.3 is 10.6 Å². The Bertz CT molecular complexity index is 649. The van der Waals surface area contributed by atoms with Crippen molar-refractivity contribution in [1.29, 1.82) is 0 Å². The number of benzene rings is 1. The molecule has 0 unspecified atom stereocenters. The third kappa shape index (κ3) is 3.84. The first-order valence-corrected chi connectivity index (χ1v) is 7.30. The fourth-order valence-corrected chi connectivity index (χ4v) is 2.31. The molecule has 0 saturated heterocycles. The number of urea groups is 1. The molecule has 0 saturated carbocycles. The number of aromatic nitrogens is 2. The number of aryl methyl sites for hydroxylation is 2. The van der Waals surface area contributed by atoms with Crippen LogP contribution in [0.1, 0.15) is 29.4 Å². The fraction of sp³-hybridized carbons (Fsp3) is 0.375. The van der Waals surface area contributed by atoms with E-state index in [0.29, 0.717) is 13.1 Å². The quantitative estimate of drug-likeness (QED) is 0.892. The van der Waals surface area contributed by atoms with E-state index in [2.05, 4.69) is 15.7 Å². The third-order valence-electron chi connectivity index (χ3n) is 3.62. The van der Waals surface area contributed by atoms with Gasteiger partial charge in [0.15, 0.2) is 0 Å². The molecular formula is C16H21FN4O. The zero-order valence-corrected chi connectivity index (χ0v) is 13.1. The fourth-order valence-electron chi connectivity index (χ4n) is 2.31. The average Bonchev–Trinajstić information content (AvgIpc) is 2.78. The molecule has 0 aliphatic heterocycles. The van der Waals surface area contributed by atoms with Gasteiger partial charge in [-0.1, -0.05) is 12.1 Å². The van der Waals surface area contributed by atoms with E-state index >= 15 is 0 Å². The van der Waals surface area contributed by atoms with Crippen molar-refractivity contribution in [3.8, 4) is 0 Å². The maximum Gasteiger partial charge on any atom is 0.315 e. The molecule has 2 aromatic rings. The molecule has 2 rings (SSSR count). The highest BCUT2D eigenvalue weighted by Gasteiger charge is 2.11. The first-order chi connectivity index (χ1) is 10.5. The number of amides is 2. The van der Waals surface area contributed by atoms with Gasteiger partial charge in [-0.25, -0.2) is 9.18 Å². The van der Waals surface area contributed by atoms with E-state index < -0.39 is 0 Å². The largest absolute Gasteiger partial charge is 0.334 e. The predicted octanol–water partition coefficient (Wildman–Crippen LogP) is 2.66. The number of halogens is 1. The summed E-state index contributed by atoms with van der Waals surface area (Å²) < 4.78 is 14.7. The van der Waals surface area contributed by atoms with E-state index in [-0.39, 0.29) is 11.8 Å². The molecule has 0 fully saturated rings. The Labute approximate surface area is 129 Å². The zero-order chi connectivity index (χ0) is 16.1.